The average molecular weight is 376 g/mol. The summed E-state index contributed by atoms with van der Waals surface area (Å²) in [5.41, 5.74) is 6.46. The molecule has 0 aromatic heterocycles. The molecule has 1 aliphatic heterocycles. The second-order valence-corrected chi connectivity index (χ2v) is 8.18. The van der Waals surface area contributed by atoms with Crippen molar-refractivity contribution in [3.8, 4) is 0 Å². The number of halogens is 1. The molecule has 0 amide bonds. The third-order valence-electron chi connectivity index (χ3n) is 4.05. The van der Waals surface area contributed by atoms with E-state index in [0.29, 0.717) is 17.1 Å². The fourth-order valence-corrected chi connectivity index (χ4v) is 4.98. The molecular formula is C14H22BrN3O2S. The van der Waals surface area contributed by atoms with Crippen LogP contribution in [0.1, 0.15) is 25.3 Å². The summed E-state index contributed by atoms with van der Waals surface area (Å²) < 4.78 is 28.4. The van der Waals surface area contributed by atoms with Crippen molar-refractivity contribution in [2.45, 2.75) is 43.3 Å². The van der Waals surface area contributed by atoms with Gasteiger partial charge in [-0.3, -0.25) is 0 Å². The Kier molecular flexibility index (Phi) is 5.43. The molecular weight excluding hydrogens is 354 g/mol. The Balaban J connectivity index is 2.15. The number of hydrogen-bond donors (Lipinski definition) is 2. The molecule has 2 rings (SSSR count). The number of likely N-dealkylation sites (tertiary alicyclic amines) is 1. The molecule has 3 N–H and O–H groups in total. The number of benzene rings is 1. The van der Waals surface area contributed by atoms with E-state index in [1.165, 1.54) is 0 Å². The van der Waals surface area contributed by atoms with Crippen LogP contribution < -0.4 is 10.5 Å². The molecule has 1 aromatic rings. The predicted octanol–water partition coefficient (Wildman–Crippen LogP) is 1.67. The average Bonchev–Trinajstić information content (AvgIpc) is 2.42. The van der Waals surface area contributed by atoms with Crippen LogP contribution in [-0.4, -0.2) is 39.0 Å². The maximum Gasteiger partial charge on any atom is 0.241 e. The lowest BCUT2D eigenvalue weighted by atomic mass is 10.0. The van der Waals surface area contributed by atoms with Crippen LogP contribution in [0.2, 0.25) is 0 Å². The topological polar surface area (TPSA) is 75.4 Å². The summed E-state index contributed by atoms with van der Waals surface area (Å²) in [5.74, 6) is 0. The molecule has 7 heteroatoms. The normalized spacial score (nSPS) is 24.2. The van der Waals surface area contributed by atoms with E-state index in [4.69, 9.17) is 5.73 Å². The molecule has 1 saturated heterocycles. The van der Waals surface area contributed by atoms with E-state index in [-0.39, 0.29) is 10.9 Å². The van der Waals surface area contributed by atoms with Gasteiger partial charge in [-0.2, -0.15) is 0 Å². The minimum atomic E-state index is -3.51. The first-order chi connectivity index (χ1) is 9.83. The first-order valence-corrected chi connectivity index (χ1v) is 9.32. The van der Waals surface area contributed by atoms with Crippen molar-refractivity contribution in [1.82, 2.24) is 9.62 Å². The summed E-state index contributed by atoms with van der Waals surface area (Å²) in [7, 11) is -1.45. The van der Waals surface area contributed by atoms with Crippen LogP contribution in [0.3, 0.4) is 0 Å². The van der Waals surface area contributed by atoms with Crippen LogP contribution in [0.15, 0.2) is 27.6 Å². The second kappa shape index (κ2) is 6.75. The zero-order valence-electron chi connectivity index (χ0n) is 12.3. The van der Waals surface area contributed by atoms with Gasteiger partial charge in [0.1, 0.15) is 0 Å². The van der Waals surface area contributed by atoms with Gasteiger partial charge in [-0.05, 0) is 67.0 Å². The third kappa shape index (κ3) is 4.04. The molecule has 2 atom stereocenters. The highest BCUT2D eigenvalue weighted by Crippen LogP contribution is 2.25. The first-order valence-electron chi connectivity index (χ1n) is 7.04. The fraction of sp³-hybridized carbons (Fsp3) is 0.571. The fourth-order valence-electron chi connectivity index (χ4n) is 2.57. The summed E-state index contributed by atoms with van der Waals surface area (Å²) >= 11 is 3.33. The molecule has 0 radical (unpaired) electrons. The van der Waals surface area contributed by atoms with Gasteiger partial charge in [-0.1, -0.05) is 6.07 Å². The first kappa shape index (κ1) is 16.9. The van der Waals surface area contributed by atoms with Crippen LogP contribution >= 0.6 is 15.9 Å². The van der Waals surface area contributed by atoms with Gasteiger partial charge in [0.2, 0.25) is 10.0 Å². The van der Waals surface area contributed by atoms with Crippen molar-refractivity contribution < 1.29 is 8.42 Å². The lowest BCUT2D eigenvalue weighted by Gasteiger charge is -2.35. The van der Waals surface area contributed by atoms with Crippen LogP contribution in [0.5, 0.6) is 0 Å². The number of hydrogen-bond acceptors (Lipinski definition) is 4. The number of rotatable bonds is 4. The Morgan fingerprint density at radius 3 is 2.76 bits per heavy atom. The lowest BCUT2D eigenvalue weighted by molar-refractivity contribution is 0.178. The summed E-state index contributed by atoms with van der Waals surface area (Å²) in [4.78, 5) is 2.52. The molecule has 2 unspecified atom stereocenters. The van der Waals surface area contributed by atoms with Gasteiger partial charge in [0.05, 0.1) is 4.90 Å². The summed E-state index contributed by atoms with van der Waals surface area (Å²) in [6.45, 7) is 3.41. The summed E-state index contributed by atoms with van der Waals surface area (Å²) in [5, 5.41) is 0. The molecule has 21 heavy (non-hydrogen) atoms. The lowest BCUT2D eigenvalue weighted by Crippen LogP contribution is -2.47. The van der Waals surface area contributed by atoms with E-state index in [9.17, 15) is 8.42 Å². The number of nitrogens with zero attached hydrogens (tertiary/aromatic N) is 1. The molecule has 0 spiro atoms. The molecule has 1 heterocycles. The molecule has 1 fully saturated rings. The Bertz CT molecular complexity index is 606. The molecule has 5 nitrogen and oxygen atoms in total. The minimum absolute atomic E-state index is 0.0118. The van der Waals surface area contributed by atoms with Gasteiger partial charge in [0.25, 0.3) is 0 Å². The van der Waals surface area contributed by atoms with E-state index in [0.717, 1.165) is 24.9 Å². The molecule has 118 valence electrons. The van der Waals surface area contributed by atoms with E-state index < -0.39 is 10.0 Å². The summed E-state index contributed by atoms with van der Waals surface area (Å²) in [6.07, 6.45) is 1.66. The Labute approximate surface area is 135 Å². The van der Waals surface area contributed by atoms with Gasteiger partial charge in [-0.15, -0.1) is 0 Å². The number of piperidine rings is 1. The van der Waals surface area contributed by atoms with Crippen molar-refractivity contribution in [3.63, 3.8) is 0 Å². The van der Waals surface area contributed by atoms with Gasteiger partial charge < -0.3 is 10.6 Å². The zero-order chi connectivity index (χ0) is 15.6. The smallest absolute Gasteiger partial charge is 0.241 e. The van der Waals surface area contributed by atoms with Crippen LogP contribution in [0, 0.1) is 0 Å². The van der Waals surface area contributed by atoms with Gasteiger partial charge >= 0.3 is 0 Å². The van der Waals surface area contributed by atoms with Gasteiger partial charge in [0.15, 0.2) is 0 Å². The zero-order valence-corrected chi connectivity index (χ0v) is 14.7. The van der Waals surface area contributed by atoms with Crippen LogP contribution in [0.25, 0.3) is 0 Å². The molecule has 0 saturated carbocycles. The van der Waals surface area contributed by atoms with Crippen molar-refractivity contribution in [3.05, 3.63) is 28.2 Å². The Hall–Kier alpha value is -0.470. The van der Waals surface area contributed by atoms with Crippen molar-refractivity contribution in [1.29, 1.82) is 0 Å². The highest BCUT2D eigenvalue weighted by molar-refractivity contribution is 9.10. The molecule has 0 aliphatic carbocycles. The Morgan fingerprint density at radius 2 is 2.19 bits per heavy atom. The van der Waals surface area contributed by atoms with E-state index in [1.807, 2.05) is 0 Å². The van der Waals surface area contributed by atoms with Gasteiger partial charge in [-0.25, -0.2) is 13.1 Å². The Morgan fingerprint density at radius 1 is 1.48 bits per heavy atom. The van der Waals surface area contributed by atoms with E-state index in [1.54, 1.807) is 18.2 Å². The number of sulfonamides is 1. The van der Waals surface area contributed by atoms with Crippen LogP contribution in [-0.2, 0) is 16.6 Å². The van der Waals surface area contributed by atoms with Crippen LogP contribution in [0.4, 0.5) is 0 Å². The maximum absolute atomic E-state index is 12.5. The third-order valence-corrected chi connectivity index (χ3v) is 6.55. The molecule has 0 bridgehead atoms. The standard InChI is InChI=1S/C14H22BrN3O2S/c1-10-7-12(5-6-18(10)2)17-21(19,20)14-4-3-11(9-16)8-13(14)15/h3-4,8,10,12,17H,5-7,9,16H2,1-2H3. The highest BCUT2D eigenvalue weighted by atomic mass is 79.9. The monoisotopic (exact) mass is 375 g/mol. The van der Waals surface area contributed by atoms with Crippen molar-refractivity contribution in [2.24, 2.45) is 5.73 Å². The summed E-state index contributed by atoms with van der Waals surface area (Å²) in [6, 6.07) is 5.48. The number of nitrogens with one attached hydrogen (secondary N) is 1. The largest absolute Gasteiger partial charge is 0.326 e. The molecule has 1 aromatic carbocycles. The molecule has 1 aliphatic rings. The SMILES string of the molecule is CC1CC(NS(=O)(=O)c2ccc(CN)cc2Br)CCN1C. The second-order valence-electron chi connectivity index (χ2n) is 5.64. The van der Waals surface area contributed by atoms with Crippen molar-refractivity contribution in [2.75, 3.05) is 13.6 Å². The van der Waals surface area contributed by atoms with E-state index >= 15 is 0 Å². The van der Waals surface area contributed by atoms with Crippen molar-refractivity contribution >= 4 is 26.0 Å². The highest BCUT2D eigenvalue weighted by Gasteiger charge is 2.28. The number of nitrogens with two attached hydrogens (primary N) is 1. The predicted molar refractivity (Wildman–Crippen MR) is 87.5 cm³/mol. The van der Waals surface area contributed by atoms with Gasteiger partial charge in [0, 0.05) is 23.1 Å². The quantitative estimate of drug-likeness (QED) is 0.838. The maximum atomic E-state index is 12.5. The van der Waals surface area contributed by atoms with E-state index in [2.05, 4.69) is 39.5 Å². The minimum Gasteiger partial charge on any atom is -0.326 e.